The number of aromatic nitrogens is 4. The Morgan fingerprint density at radius 2 is 2.20 bits per heavy atom. The first kappa shape index (κ1) is 14.9. The molecule has 6 nitrogen and oxygen atoms in total. The van der Waals surface area contributed by atoms with Gasteiger partial charge in [0.15, 0.2) is 5.82 Å². The van der Waals surface area contributed by atoms with Crippen LogP contribution in [-0.4, -0.2) is 33.4 Å². The topological polar surface area (TPSA) is 64.9 Å². The van der Waals surface area contributed by atoms with Crippen LogP contribution in [0.15, 0.2) is 16.9 Å². The number of methoxy groups -OCH3 is 1. The molecule has 20 heavy (non-hydrogen) atoms. The normalized spacial score (nSPS) is 10.8. The minimum absolute atomic E-state index is 0.428. The number of halogens is 1. The quantitative estimate of drug-likeness (QED) is 0.876. The Morgan fingerprint density at radius 1 is 1.40 bits per heavy atom. The van der Waals surface area contributed by atoms with E-state index in [0.717, 1.165) is 34.5 Å². The summed E-state index contributed by atoms with van der Waals surface area (Å²) in [5.41, 5.74) is 1.71. The summed E-state index contributed by atoms with van der Waals surface area (Å²) in [6.45, 7) is 3.39. The van der Waals surface area contributed by atoms with Crippen molar-refractivity contribution in [3.05, 3.63) is 22.6 Å². The standard InChI is InChI=1S/C13H18BrN5O/c1-4-5-15-13-11(14)10(8-20-3)17-12(18-13)9-6-16-19(2)7-9/h6-7H,4-5,8H2,1-3H3,(H,15,17,18). The number of aryl methyl sites for hydroxylation is 1. The third-order valence-electron chi connectivity index (χ3n) is 2.71. The Balaban J connectivity index is 2.43. The molecule has 7 heteroatoms. The average molecular weight is 340 g/mol. The first-order chi connectivity index (χ1) is 9.65. The van der Waals surface area contributed by atoms with Crippen LogP contribution in [-0.2, 0) is 18.4 Å². The van der Waals surface area contributed by atoms with E-state index < -0.39 is 0 Å². The number of ether oxygens (including phenoxy) is 1. The summed E-state index contributed by atoms with van der Waals surface area (Å²) in [7, 11) is 3.52. The lowest BCUT2D eigenvalue weighted by atomic mass is 10.3. The molecule has 2 aromatic heterocycles. The molecule has 0 atom stereocenters. The summed E-state index contributed by atoms with van der Waals surface area (Å²) in [4.78, 5) is 9.10. The molecule has 0 fully saturated rings. The van der Waals surface area contributed by atoms with E-state index in [1.807, 2.05) is 13.2 Å². The van der Waals surface area contributed by atoms with Crippen LogP contribution in [0.25, 0.3) is 11.4 Å². The lowest BCUT2D eigenvalue weighted by Crippen LogP contribution is -2.08. The van der Waals surface area contributed by atoms with Gasteiger partial charge in [-0.15, -0.1) is 0 Å². The zero-order valence-electron chi connectivity index (χ0n) is 11.9. The van der Waals surface area contributed by atoms with Gasteiger partial charge in [-0.2, -0.15) is 5.10 Å². The van der Waals surface area contributed by atoms with Gasteiger partial charge in [0.1, 0.15) is 5.82 Å². The number of nitrogens with one attached hydrogen (secondary N) is 1. The summed E-state index contributed by atoms with van der Waals surface area (Å²) in [5.74, 6) is 1.43. The largest absolute Gasteiger partial charge is 0.378 e. The molecule has 0 saturated carbocycles. The monoisotopic (exact) mass is 339 g/mol. The SMILES string of the molecule is CCCNc1nc(-c2cnn(C)c2)nc(COC)c1Br. The second-order valence-electron chi connectivity index (χ2n) is 4.42. The number of nitrogens with zero attached hydrogens (tertiary/aromatic N) is 4. The van der Waals surface area contributed by atoms with Gasteiger partial charge < -0.3 is 10.1 Å². The van der Waals surface area contributed by atoms with Gasteiger partial charge in [0.05, 0.1) is 28.5 Å². The van der Waals surface area contributed by atoms with Crippen LogP contribution in [0.2, 0.25) is 0 Å². The fraction of sp³-hybridized carbons (Fsp3) is 0.462. The Bertz CT molecular complexity index is 584. The fourth-order valence-corrected chi connectivity index (χ4v) is 2.18. The average Bonchev–Trinajstić information content (AvgIpc) is 2.86. The highest BCUT2D eigenvalue weighted by molar-refractivity contribution is 9.10. The molecule has 0 spiro atoms. The molecule has 0 aliphatic rings. The Hall–Kier alpha value is -1.47. The third-order valence-corrected chi connectivity index (χ3v) is 3.54. The zero-order valence-corrected chi connectivity index (χ0v) is 13.4. The first-order valence-electron chi connectivity index (χ1n) is 6.44. The molecule has 0 radical (unpaired) electrons. The third kappa shape index (κ3) is 3.34. The highest BCUT2D eigenvalue weighted by atomic mass is 79.9. The van der Waals surface area contributed by atoms with Crippen LogP contribution in [0.3, 0.4) is 0 Å². The second-order valence-corrected chi connectivity index (χ2v) is 5.21. The molecule has 0 bridgehead atoms. The van der Waals surface area contributed by atoms with Crippen molar-refractivity contribution >= 4 is 21.7 Å². The first-order valence-corrected chi connectivity index (χ1v) is 7.23. The van der Waals surface area contributed by atoms with Crippen molar-refractivity contribution in [2.24, 2.45) is 7.05 Å². The van der Waals surface area contributed by atoms with Crippen molar-refractivity contribution < 1.29 is 4.74 Å². The predicted octanol–water partition coefficient (Wildman–Crippen LogP) is 2.61. The minimum atomic E-state index is 0.428. The van der Waals surface area contributed by atoms with E-state index in [2.05, 4.69) is 43.2 Å². The molecule has 2 rings (SSSR count). The van der Waals surface area contributed by atoms with E-state index in [9.17, 15) is 0 Å². The number of anilines is 1. The van der Waals surface area contributed by atoms with Gasteiger partial charge in [-0.05, 0) is 22.4 Å². The molecule has 0 aliphatic heterocycles. The van der Waals surface area contributed by atoms with Crippen LogP contribution in [0.4, 0.5) is 5.82 Å². The maximum Gasteiger partial charge on any atom is 0.165 e. The van der Waals surface area contributed by atoms with Crippen LogP contribution in [0.1, 0.15) is 19.0 Å². The van der Waals surface area contributed by atoms with Crippen molar-refractivity contribution in [2.75, 3.05) is 19.0 Å². The van der Waals surface area contributed by atoms with E-state index in [0.29, 0.717) is 12.4 Å². The number of hydrogen-bond donors (Lipinski definition) is 1. The van der Waals surface area contributed by atoms with E-state index >= 15 is 0 Å². The number of rotatable bonds is 6. The predicted molar refractivity (Wildman–Crippen MR) is 81.4 cm³/mol. The summed E-state index contributed by atoms with van der Waals surface area (Å²) < 4.78 is 7.78. The van der Waals surface area contributed by atoms with Crippen molar-refractivity contribution in [3.63, 3.8) is 0 Å². The summed E-state index contributed by atoms with van der Waals surface area (Å²) in [6.07, 6.45) is 4.67. The van der Waals surface area contributed by atoms with Gasteiger partial charge in [0, 0.05) is 26.9 Å². The molecule has 2 aromatic rings. The van der Waals surface area contributed by atoms with Gasteiger partial charge in [0.25, 0.3) is 0 Å². The molecule has 108 valence electrons. The lowest BCUT2D eigenvalue weighted by Gasteiger charge is -2.11. The van der Waals surface area contributed by atoms with Gasteiger partial charge in [-0.1, -0.05) is 6.92 Å². The summed E-state index contributed by atoms with van der Waals surface area (Å²) >= 11 is 3.54. The second kappa shape index (κ2) is 6.81. The highest BCUT2D eigenvalue weighted by Crippen LogP contribution is 2.27. The van der Waals surface area contributed by atoms with E-state index in [4.69, 9.17) is 4.74 Å². The molecular formula is C13H18BrN5O. The molecule has 0 unspecified atom stereocenters. The maximum atomic E-state index is 5.20. The number of hydrogen-bond acceptors (Lipinski definition) is 5. The molecule has 0 saturated heterocycles. The van der Waals surface area contributed by atoms with Crippen LogP contribution < -0.4 is 5.32 Å². The van der Waals surface area contributed by atoms with Crippen molar-refractivity contribution in [2.45, 2.75) is 20.0 Å². The van der Waals surface area contributed by atoms with Crippen molar-refractivity contribution in [1.29, 1.82) is 0 Å². The molecular weight excluding hydrogens is 322 g/mol. The maximum absolute atomic E-state index is 5.20. The molecule has 0 aliphatic carbocycles. The van der Waals surface area contributed by atoms with Gasteiger partial charge in [0.2, 0.25) is 0 Å². The lowest BCUT2D eigenvalue weighted by molar-refractivity contribution is 0.181. The van der Waals surface area contributed by atoms with E-state index in [-0.39, 0.29) is 0 Å². The van der Waals surface area contributed by atoms with Gasteiger partial charge in [-0.25, -0.2) is 9.97 Å². The zero-order chi connectivity index (χ0) is 14.5. The van der Waals surface area contributed by atoms with E-state index in [1.165, 1.54) is 0 Å². The summed E-state index contributed by atoms with van der Waals surface area (Å²) in [5, 5.41) is 7.45. The molecule has 0 amide bonds. The Labute approximate surface area is 126 Å². The van der Waals surface area contributed by atoms with E-state index in [1.54, 1.807) is 18.0 Å². The minimum Gasteiger partial charge on any atom is -0.378 e. The van der Waals surface area contributed by atoms with Crippen LogP contribution >= 0.6 is 15.9 Å². The highest BCUT2D eigenvalue weighted by Gasteiger charge is 2.14. The van der Waals surface area contributed by atoms with Crippen molar-refractivity contribution in [1.82, 2.24) is 19.7 Å². The summed E-state index contributed by atoms with van der Waals surface area (Å²) in [6, 6.07) is 0. The molecule has 0 aromatic carbocycles. The van der Waals surface area contributed by atoms with Gasteiger partial charge in [-0.3, -0.25) is 4.68 Å². The Kier molecular flexibility index (Phi) is 5.08. The van der Waals surface area contributed by atoms with Crippen molar-refractivity contribution in [3.8, 4) is 11.4 Å². The smallest absolute Gasteiger partial charge is 0.165 e. The molecule has 1 N–H and O–H groups in total. The Morgan fingerprint density at radius 3 is 2.80 bits per heavy atom. The van der Waals surface area contributed by atoms with Gasteiger partial charge >= 0.3 is 0 Å². The fourth-order valence-electron chi connectivity index (χ4n) is 1.75. The van der Waals surface area contributed by atoms with Crippen LogP contribution in [0, 0.1) is 0 Å². The van der Waals surface area contributed by atoms with Crippen LogP contribution in [0.5, 0.6) is 0 Å². The molecule has 2 heterocycles.